The number of carbonyl (C=O) groups is 2. The fraction of sp³-hybridized carbons (Fsp3) is 0.429. The van der Waals surface area contributed by atoms with E-state index >= 15 is 0 Å². The minimum absolute atomic E-state index is 0.175. The van der Waals surface area contributed by atoms with E-state index in [4.69, 9.17) is 5.73 Å². The smallest absolute Gasteiger partial charge is 0.251 e. The molecule has 0 saturated carbocycles. The van der Waals surface area contributed by atoms with Crippen molar-refractivity contribution < 1.29 is 9.59 Å². The normalized spacial score (nSPS) is 11.8. The van der Waals surface area contributed by atoms with E-state index in [0.29, 0.717) is 17.7 Å². The number of anilines is 1. The van der Waals surface area contributed by atoms with Gasteiger partial charge in [0.25, 0.3) is 5.91 Å². The van der Waals surface area contributed by atoms with Crippen molar-refractivity contribution >= 4 is 17.5 Å². The minimum atomic E-state index is -0.520. The van der Waals surface area contributed by atoms with E-state index in [0.717, 1.165) is 12.0 Å². The van der Waals surface area contributed by atoms with Gasteiger partial charge in [-0.15, -0.1) is 0 Å². The molecule has 2 amide bonds. The molecule has 5 heteroatoms. The Morgan fingerprint density at radius 2 is 2.05 bits per heavy atom. The summed E-state index contributed by atoms with van der Waals surface area (Å²) in [5.74, 6) is -0.398. The maximum atomic E-state index is 11.9. The van der Waals surface area contributed by atoms with Crippen LogP contribution in [0.3, 0.4) is 0 Å². The Kier molecular flexibility index (Phi) is 5.51. The van der Waals surface area contributed by atoms with Crippen LogP contribution >= 0.6 is 0 Å². The molecule has 5 nitrogen and oxygen atoms in total. The van der Waals surface area contributed by atoms with Gasteiger partial charge in [0.2, 0.25) is 5.91 Å². The summed E-state index contributed by atoms with van der Waals surface area (Å²) < 4.78 is 0. The molecule has 19 heavy (non-hydrogen) atoms. The lowest BCUT2D eigenvalue weighted by atomic mass is 10.1. The van der Waals surface area contributed by atoms with Crippen LogP contribution in [0, 0.1) is 6.92 Å². The van der Waals surface area contributed by atoms with Crippen molar-refractivity contribution in [2.24, 2.45) is 5.73 Å². The quantitative estimate of drug-likeness (QED) is 0.751. The third-order valence-electron chi connectivity index (χ3n) is 3.00. The summed E-state index contributed by atoms with van der Waals surface area (Å²) in [4.78, 5) is 23.5. The summed E-state index contributed by atoms with van der Waals surface area (Å²) in [6, 6.07) is 4.69. The van der Waals surface area contributed by atoms with Gasteiger partial charge in [-0.3, -0.25) is 9.59 Å². The standard InChI is InChI=1S/C14H21N3O2/c1-4-6-11(15)14(19)17-12-8-5-7-10(9(12)2)13(18)16-3/h5,7-8,11H,4,6,15H2,1-3H3,(H,16,18)(H,17,19)/t11-/m0/s1. The molecule has 0 aromatic heterocycles. The zero-order chi connectivity index (χ0) is 14.4. The number of nitrogens with two attached hydrogens (primary N) is 1. The second-order valence-electron chi connectivity index (χ2n) is 4.44. The number of nitrogens with one attached hydrogen (secondary N) is 2. The lowest BCUT2D eigenvalue weighted by Crippen LogP contribution is -2.35. The molecule has 0 aliphatic rings. The molecule has 0 saturated heterocycles. The average molecular weight is 263 g/mol. The number of amides is 2. The maximum Gasteiger partial charge on any atom is 0.251 e. The number of carbonyl (C=O) groups excluding carboxylic acids is 2. The number of rotatable bonds is 5. The van der Waals surface area contributed by atoms with Gasteiger partial charge in [-0.2, -0.15) is 0 Å². The highest BCUT2D eigenvalue weighted by molar-refractivity contribution is 6.00. The van der Waals surface area contributed by atoms with Gasteiger partial charge in [0.15, 0.2) is 0 Å². The van der Waals surface area contributed by atoms with E-state index in [2.05, 4.69) is 10.6 Å². The van der Waals surface area contributed by atoms with Crippen molar-refractivity contribution in [2.75, 3.05) is 12.4 Å². The Bertz CT molecular complexity index is 472. The first-order valence-electron chi connectivity index (χ1n) is 6.39. The van der Waals surface area contributed by atoms with Crippen molar-refractivity contribution in [2.45, 2.75) is 32.7 Å². The second-order valence-corrected chi connectivity index (χ2v) is 4.44. The van der Waals surface area contributed by atoms with Crippen molar-refractivity contribution in [1.82, 2.24) is 5.32 Å². The summed E-state index contributed by atoms with van der Waals surface area (Å²) in [6.45, 7) is 3.77. The predicted molar refractivity (Wildman–Crippen MR) is 76.1 cm³/mol. The van der Waals surface area contributed by atoms with Crippen LogP contribution in [0.4, 0.5) is 5.69 Å². The summed E-state index contributed by atoms with van der Waals surface area (Å²) >= 11 is 0. The second kappa shape index (κ2) is 6.89. The molecule has 0 aliphatic heterocycles. The Morgan fingerprint density at radius 3 is 2.63 bits per heavy atom. The zero-order valence-corrected chi connectivity index (χ0v) is 11.6. The van der Waals surface area contributed by atoms with Gasteiger partial charge in [-0.1, -0.05) is 19.4 Å². The lowest BCUT2D eigenvalue weighted by Gasteiger charge is -2.14. The van der Waals surface area contributed by atoms with Crippen LogP contribution in [0.1, 0.15) is 35.7 Å². The summed E-state index contributed by atoms with van der Waals surface area (Å²) in [5, 5.41) is 5.34. The molecule has 4 N–H and O–H groups in total. The first-order chi connectivity index (χ1) is 9.01. The van der Waals surface area contributed by atoms with E-state index in [-0.39, 0.29) is 11.8 Å². The Hall–Kier alpha value is -1.88. The van der Waals surface area contributed by atoms with E-state index in [1.54, 1.807) is 32.2 Å². The molecule has 1 aromatic carbocycles. The first-order valence-corrected chi connectivity index (χ1v) is 6.39. The topological polar surface area (TPSA) is 84.2 Å². The van der Waals surface area contributed by atoms with Crippen LogP contribution in [-0.4, -0.2) is 24.9 Å². The van der Waals surface area contributed by atoms with Crippen molar-refractivity contribution in [3.05, 3.63) is 29.3 Å². The molecular weight excluding hydrogens is 242 g/mol. The van der Waals surface area contributed by atoms with Crippen molar-refractivity contribution in [3.63, 3.8) is 0 Å². The fourth-order valence-electron chi connectivity index (χ4n) is 1.82. The van der Waals surface area contributed by atoms with Crippen LogP contribution in [0.2, 0.25) is 0 Å². The third kappa shape index (κ3) is 3.79. The molecule has 0 radical (unpaired) electrons. The zero-order valence-electron chi connectivity index (χ0n) is 11.6. The maximum absolute atomic E-state index is 11.9. The molecule has 0 aliphatic carbocycles. The van der Waals surface area contributed by atoms with Crippen molar-refractivity contribution in [1.29, 1.82) is 0 Å². The van der Waals surface area contributed by atoms with Crippen LogP contribution in [0.15, 0.2) is 18.2 Å². The predicted octanol–water partition coefficient (Wildman–Crippen LogP) is 1.42. The van der Waals surface area contributed by atoms with Crippen LogP contribution in [0.5, 0.6) is 0 Å². The highest BCUT2D eigenvalue weighted by Crippen LogP contribution is 2.19. The van der Waals surface area contributed by atoms with Gasteiger partial charge in [-0.05, 0) is 31.0 Å². The molecule has 0 unspecified atom stereocenters. The summed E-state index contributed by atoms with van der Waals surface area (Å²) in [5.41, 5.74) is 7.66. The van der Waals surface area contributed by atoms with E-state index in [9.17, 15) is 9.59 Å². The number of hydrogen-bond donors (Lipinski definition) is 3. The molecule has 0 bridgehead atoms. The Balaban J connectivity index is 2.90. The van der Waals surface area contributed by atoms with Gasteiger partial charge < -0.3 is 16.4 Å². The van der Waals surface area contributed by atoms with E-state index < -0.39 is 6.04 Å². The lowest BCUT2D eigenvalue weighted by molar-refractivity contribution is -0.117. The average Bonchev–Trinajstić information content (AvgIpc) is 2.40. The number of benzene rings is 1. The Labute approximate surface area is 113 Å². The molecule has 1 rings (SSSR count). The number of hydrogen-bond acceptors (Lipinski definition) is 3. The molecule has 0 spiro atoms. The molecule has 0 heterocycles. The van der Waals surface area contributed by atoms with E-state index in [1.165, 1.54) is 0 Å². The highest BCUT2D eigenvalue weighted by atomic mass is 16.2. The van der Waals surface area contributed by atoms with Crippen LogP contribution < -0.4 is 16.4 Å². The summed E-state index contributed by atoms with van der Waals surface area (Å²) in [6.07, 6.45) is 1.49. The Morgan fingerprint density at radius 1 is 1.37 bits per heavy atom. The molecule has 1 aromatic rings. The van der Waals surface area contributed by atoms with Gasteiger partial charge in [0.05, 0.1) is 6.04 Å². The molecule has 1 atom stereocenters. The highest BCUT2D eigenvalue weighted by Gasteiger charge is 2.15. The minimum Gasteiger partial charge on any atom is -0.355 e. The fourth-order valence-corrected chi connectivity index (χ4v) is 1.82. The van der Waals surface area contributed by atoms with E-state index in [1.807, 2.05) is 6.92 Å². The van der Waals surface area contributed by atoms with Gasteiger partial charge in [0, 0.05) is 18.3 Å². The third-order valence-corrected chi connectivity index (χ3v) is 3.00. The SMILES string of the molecule is CCC[C@H](N)C(=O)Nc1cccc(C(=O)NC)c1C. The molecular formula is C14H21N3O2. The summed E-state index contributed by atoms with van der Waals surface area (Å²) in [7, 11) is 1.57. The van der Waals surface area contributed by atoms with Gasteiger partial charge >= 0.3 is 0 Å². The monoisotopic (exact) mass is 263 g/mol. The van der Waals surface area contributed by atoms with Crippen LogP contribution in [-0.2, 0) is 4.79 Å². The largest absolute Gasteiger partial charge is 0.355 e. The first kappa shape index (κ1) is 15.2. The van der Waals surface area contributed by atoms with Gasteiger partial charge in [-0.25, -0.2) is 0 Å². The van der Waals surface area contributed by atoms with Gasteiger partial charge in [0.1, 0.15) is 0 Å². The molecule has 0 fully saturated rings. The van der Waals surface area contributed by atoms with Crippen molar-refractivity contribution in [3.8, 4) is 0 Å². The molecule has 104 valence electrons. The van der Waals surface area contributed by atoms with Crippen LogP contribution in [0.25, 0.3) is 0 Å².